The van der Waals surface area contributed by atoms with Crippen LogP contribution in [-0.2, 0) is 0 Å². The topological polar surface area (TPSA) is 62.3 Å². The van der Waals surface area contributed by atoms with Crippen LogP contribution in [0.3, 0.4) is 0 Å². The van der Waals surface area contributed by atoms with Crippen molar-refractivity contribution in [2.24, 2.45) is 0 Å². The van der Waals surface area contributed by atoms with Gasteiger partial charge >= 0.3 is 0 Å². The Balaban J connectivity index is 2.32. The highest BCUT2D eigenvalue weighted by molar-refractivity contribution is 5.68. The smallest absolute Gasteiger partial charge is 0.119 e. The summed E-state index contributed by atoms with van der Waals surface area (Å²) < 4.78 is 5.13. The van der Waals surface area contributed by atoms with E-state index in [-0.39, 0.29) is 0 Å². The third-order valence-electron chi connectivity index (χ3n) is 3.00. The molecule has 2 aromatic rings. The highest BCUT2D eigenvalue weighted by atomic mass is 16.5. The van der Waals surface area contributed by atoms with Crippen molar-refractivity contribution in [2.45, 2.75) is 0 Å². The molecule has 0 atom stereocenters. The predicted octanol–water partition coefficient (Wildman–Crippen LogP) is 2.92. The molecule has 4 nitrogen and oxygen atoms in total. The summed E-state index contributed by atoms with van der Waals surface area (Å²) in [5.41, 5.74) is 8.62. The number of hydrogen-bond acceptors (Lipinski definition) is 4. The second kappa shape index (κ2) is 5.32. The van der Waals surface area contributed by atoms with E-state index < -0.39 is 0 Å². The lowest BCUT2D eigenvalue weighted by atomic mass is 10.1. The Morgan fingerprint density at radius 1 is 1.11 bits per heavy atom. The van der Waals surface area contributed by atoms with Gasteiger partial charge in [-0.2, -0.15) is 5.26 Å². The number of methoxy groups -OCH3 is 1. The van der Waals surface area contributed by atoms with E-state index >= 15 is 0 Å². The van der Waals surface area contributed by atoms with Gasteiger partial charge in [-0.15, -0.1) is 0 Å². The second-order valence-electron chi connectivity index (χ2n) is 4.14. The van der Waals surface area contributed by atoms with Crippen molar-refractivity contribution in [2.75, 3.05) is 24.8 Å². The molecule has 2 aromatic carbocycles. The monoisotopic (exact) mass is 253 g/mol. The van der Waals surface area contributed by atoms with Gasteiger partial charge in [-0.3, -0.25) is 0 Å². The van der Waals surface area contributed by atoms with Crippen LogP contribution in [0.2, 0.25) is 0 Å². The Hall–Kier alpha value is -2.67. The number of rotatable bonds is 3. The Labute approximate surface area is 112 Å². The third kappa shape index (κ3) is 2.61. The van der Waals surface area contributed by atoms with Crippen molar-refractivity contribution < 1.29 is 4.74 Å². The summed E-state index contributed by atoms with van der Waals surface area (Å²) in [5.74, 6) is 0.812. The first kappa shape index (κ1) is 12.8. The standard InChI is InChI=1S/C15H15N3O/c1-18(12-3-6-14(19-2)7-4-12)13-5-8-15(17)11(9-13)10-16/h3-9H,17H2,1-2H3. The fourth-order valence-electron chi connectivity index (χ4n) is 1.80. The van der Waals surface area contributed by atoms with Gasteiger partial charge in [0.15, 0.2) is 0 Å². The van der Waals surface area contributed by atoms with Crippen LogP contribution in [-0.4, -0.2) is 14.2 Å². The predicted molar refractivity (Wildman–Crippen MR) is 76.6 cm³/mol. The lowest BCUT2D eigenvalue weighted by Gasteiger charge is -2.20. The first-order chi connectivity index (χ1) is 9.15. The zero-order valence-corrected chi connectivity index (χ0v) is 10.9. The van der Waals surface area contributed by atoms with Gasteiger partial charge < -0.3 is 15.4 Å². The fraction of sp³-hybridized carbons (Fsp3) is 0.133. The summed E-state index contributed by atoms with van der Waals surface area (Å²) >= 11 is 0. The van der Waals surface area contributed by atoms with E-state index in [4.69, 9.17) is 15.7 Å². The van der Waals surface area contributed by atoms with Gasteiger partial charge in [-0.25, -0.2) is 0 Å². The average Bonchev–Trinajstić information content (AvgIpc) is 2.47. The van der Waals surface area contributed by atoms with Crippen LogP contribution in [0.5, 0.6) is 5.75 Å². The normalized spacial score (nSPS) is 9.74. The van der Waals surface area contributed by atoms with Crippen LogP contribution in [0.15, 0.2) is 42.5 Å². The van der Waals surface area contributed by atoms with E-state index in [9.17, 15) is 0 Å². The molecule has 0 saturated heterocycles. The fourth-order valence-corrected chi connectivity index (χ4v) is 1.80. The number of nitrogens with zero attached hydrogens (tertiary/aromatic N) is 2. The molecule has 0 heterocycles. The molecule has 0 bridgehead atoms. The Morgan fingerprint density at radius 2 is 1.74 bits per heavy atom. The number of anilines is 3. The van der Waals surface area contributed by atoms with Gasteiger partial charge in [0, 0.05) is 24.1 Å². The molecular weight excluding hydrogens is 238 g/mol. The second-order valence-corrected chi connectivity index (χ2v) is 4.14. The molecule has 0 fully saturated rings. The van der Waals surface area contributed by atoms with Crippen LogP contribution in [0.4, 0.5) is 17.1 Å². The molecular formula is C15H15N3O. The summed E-state index contributed by atoms with van der Waals surface area (Å²) in [4.78, 5) is 1.99. The number of nitriles is 1. The molecule has 4 heteroatoms. The molecule has 0 aliphatic carbocycles. The number of nitrogens with two attached hydrogens (primary N) is 1. The molecule has 0 radical (unpaired) electrons. The van der Waals surface area contributed by atoms with Gasteiger partial charge in [-0.05, 0) is 42.5 Å². The van der Waals surface area contributed by atoms with E-state index in [0.717, 1.165) is 17.1 Å². The van der Waals surface area contributed by atoms with Crippen LogP contribution in [0.1, 0.15) is 5.56 Å². The van der Waals surface area contributed by atoms with E-state index in [1.165, 1.54) is 0 Å². The van der Waals surface area contributed by atoms with Crippen molar-refractivity contribution in [3.8, 4) is 11.8 Å². The van der Waals surface area contributed by atoms with E-state index in [2.05, 4.69) is 6.07 Å². The lowest BCUT2D eigenvalue weighted by Crippen LogP contribution is -2.09. The zero-order valence-electron chi connectivity index (χ0n) is 10.9. The molecule has 19 heavy (non-hydrogen) atoms. The van der Waals surface area contributed by atoms with E-state index in [1.807, 2.05) is 42.3 Å². The van der Waals surface area contributed by atoms with Gasteiger partial charge in [0.1, 0.15) is 11.8 Å². The minimum absolute atomic E-state index is 0.484. The molecule has 2 rings (SSSR count). The van der Waals surface area contributed by atoms with Crippen LogP contribution >= 0.6 is 0 Å². The number of hydrogen-bond donors (Lipinski definition) is 1. The minimum atomic E-state index is 0.484. The third-order valence-corrected chi connectivity index (χ3v) is 3.00. The lowest BCUT2D eigenvalue weighted by molar-refractivity contribution is 0.415. The summed E-state index contributed by atoms with van der Waals surface area (Å²) in [5, 5.41) is 9.00. The first-order valence-corrected chi connectivity index (χ1v) is 5.83. The Morgan fingerprint density at radius 3 is 2.32 bits per heavy atom. The summed E-state index contributed by atoms with van der Waals surface area (Å²) in [6.07, 6.45) is 0. The summed E-state index contributed by atoms with van der Waals surface area (Å²) in [7, 11) is 3.58. The Kier molecular flexibility index (Phi) is 3.58. The molecule has 0 aliphatic heterocycles. The number of benzene rings is 2. The quantitative estimate of drug-likeness (QED) is 0.854. The molecule has 0 aliphatic rings. The molecule has 2 N–H and O–H groups in total. The van der Waals surface area contributed by atoms with Crippen molar-refractivity contribution >= 4 is 17.1 Å². The molecule has 96 valence electrons. The van der Waals surface area contributed by atoms with Crippen LogP contribution < -0.4 is 15.4 Å². The average molecular weight is 253 g/mol. The highest BCUT2D eigenvalue weighted by Gasteiger charge is 2.07. The largest absolute Gasteiger partial charge is 0.497 e. The first-order valence-electron chi connectivity index (χ1n) is 5.83. The van der Waals surface area contributed by atoms with Crippen molar-refractivity contribution in [3.63, 3.8) is 0 Å². The van der Waals surface area contributed by atoms with E-state index in [0.29, 0.717) is 11.3 Å². The SMILES string of the molecule is COc1ccc(N(C)c2ccc(N)c(C#N)c2)cc1. The minimum Gasteiger partial charge on any atom is -0.497 e. The van der Waals surface area contributed by atoms with Crippen molar-refractivity contribution in [3.05, 3.63) is 48.0 Å². The number of ether oxygens (including phenoxy) is 1. The maximum atomic E-state index is 9.00. The van der Waals surface area contributed by atoms with Crippen molar-refractivity contribution in [1.82, 2.24) is 0 Å². The van der Waals surface area contributed by atoms with Crippen molar-refractivity contribution in [1.29, 1.82) is 5.26 Å². The van der Waals surface area contributed by atoms with Gasteiger partial charge in [-0.1, -0.05) is 0 Å². The molecule has 0 spiro atoms. The van der Waals surface area contributed by atoms with Gasteiger partial charge in [0.2, 0.25) is 0 Å². The Bertz CT molecular complexity index is 614. The molecule has 0 unspecified atom stereocenters. The molecule has 0 saturated carbocycles. The van der Waals surface area contributed by atoms with Gasteiger partial charge in [0.25, 0.3) is 0 Å². The maximum Gasteiger partial charge on any atom is 0.119 e. The summed E-state index contributed by atoms with van der Waals surface area (Å²) in [6, 6.07) is 15.2. The van der Waals surface area contributed by atoms with Crippen LogP contribution in [0.25, 0.3) is 0 Å². The summed E-state index contributed by atoms with van der Waals surface area (Å²) in [6.45, 7) is 0. The highest BCUT2D eigenvalue weighted by Crippen LogP contribution is 2.27. The van der Waals surface area contributed by atoms with Crippen LogP contribution in [0, 0.1) is 11.3 Å². The number of nitrogen functional groups attached to an aromatic ring is 1. The molecule has 0 amide bonds. The van der Waals surface area contributed by atoms with E-state index in [1.54, 1.807) is 19.2 Å². The molecule has 0 aromatic heterocycles. The zero-order chi connectivity index (χ0) is 13.8. The maximum absolute atomic E-state index is 9.00. The van der Waals surface area contributed by atoms with Gasteiger partial charge in [0.05, 0.1) is 12.7 Å².